The van der Waals surface area contributed by atoms with E-state index in [-0.39, 0.29) is 12.6 Å². The smallest absolute Gasteiger partial charge is 0.305 e. The first-order valence-electron chi connectivity index (χ1n) is 4.94. The molecule has 0 aromatic rings. The molecule has 1 atom stereocenters. The highest BCUT2D eigenvalue weighted by Gasteiger charge is 2.25. The van der Waals surface area contributed by atoms with Gasteiger partial charge >= 0.3 is 5.97 Å². The van der Waals surface area contributed by atoms with Gasteiger partial charge in [0.2, 0.25) is 0 Å². The largest absolute Gasteiger partial charge is 0.463 e. The summed E-state index contributed by atoms with van der Waals surface area (Å²) < 4.78 is 4.78. The molecule has 0 aliphatic carbocycles. The lowest BCUT2D eigenvalue weighted by molar-refractivity contribution is -0.152. The average Bonchev–Trinajstić information content (AvgIpc) is 2.09. The molecule has 0 fully saturated rings. The molecular formula is C10H20O4. The van der Waals surface area contributed by atoms with Gasteiger partial charge in [-0.2, -0.15) is 0 Å². The van der Waals surface area contributed by atoms with Crippen LogP contribution < -0.4 is 0 Å². The van der Waals surface area contributed by atoms with E-state index in [1.807, 2.05) is 6.92 Å². The molecule has 1 unspecified atom stereocenters. The van der Waals surface area contributed by atoms with Gasteiger partial charge in [-0.15, -0.1) is 0 Å². The van der Waals surface area contributed by atoms with Crippen LogP contribution in [0.4, 0.5) is 0 Å². The van der Waals surface area contributed by atoms with Crippen LogP contribution in [0.3, 0.4) is 0 Å². The number of rotatable bonds is 6. The predicted molar refractivity (Wildman–Crippen MR) is 52.8 cm³/mol. The van der Waals surface area contributed by atoms with Crippen LogP contribution >= 0.6 is 0 Å². The molecule has 0 saturated heterocycles. The fourth-order valence-electron chi connectivity index (χ4n) is 0.769. The minimum absolute atomic E-state index is 0.147. The minimum atomic E-state index is -1.23. The maximum Gasteiger partial charge on any atom is 0.305 e. The second-order valence-electron chi connectivity index (χ2n) is 3.96. The third-order valence-corrected chi connectivity index (χ3v) is 1.95. The topological polar surface area (TPSA) is 66.8 Å². The second-order valence-corrected chi connectivity index (χ2v) is 3.96. The Morgan fingerprint density at radius 2 is 2.07 bits per heavy atom. The average molecular weight is 204 g/mol. The number of ether oxygens (including phenoxy) is 1. The molecule has 0 spiro atoms. The Hall–Kier alpha value is -0.610. The number of hydrogen-bond acceptors (Lipinski definition) is 4. The number of carbonyl (C=O) groups excluding carboxylic acids is 1. The van der Waals surface area contributed by atoms with Crippen LogP contribution in [0.5, 0.6) is 0 Å². The Morgan fingerprint density at radius 3 is 2.50 bits per heavy atom. The molecule has 2 N–H and O–H groups in total. The first kappa shape index (κ1) is 13.4. The number of aliphatic hydroxyl groups excluding tert-OH is 1. The van der Waals surface area contributed by atoms with Crippen molar-refractivity contribution in [2.75, 3.05) is 6.61 Å². The molecule has 0 aliphatic rings. The monoisotopic (exact) mass is 204 g/mol. The zero-order valence-electron chi connectivity index (χ0n) is 9.12. The van der Waals surface area contributed by atoms with E-state index in [2.05, 4.69) is 0 Å². The molecule has 0 heterocycles. The van der Waals surface area contributed by atoms with E-state index >= 15 is 0 Å². The van der Waals surface area contributed by atoms with E-state index in [0.29, 0.717) is 6.42 Å². The summed E-state index contributed by atoms with van der Waals surface area (Å²) in [5, 5.41) is 18.7. The van der Waals surface area contributed by atoms with Gasteiger partial charge in [-0.05, 0) is 20.3 Å². The molecule has 0 aliphatic heterocycles. The van der Waals surface area contributed by atoms with E-state index in [4.69, 9.17) is 4.74 Å². The number of unbranched alkanes of at least 4 members (excludes halogenated alkanes) is 1. The summed E-state index contributed by atoms with van der Waals surface area (Å²) in [7, 11) is 0. The van der Waals surface area contributed by atoms with Crippen LogP contribution in [0, 0.1) is 0 Å². The summed E-state index contributed by atoms with van der Waals surface area (Å²) in [5.74, 6) is -0.324. The molecule has 0 amide bonds. The Balaban J connectivity index is 3.67. The zero-order chi connectivity index (χ0) is 11.2. The number of aliphatic hydroxyl groups is 2. The van der Waals surface area contributed by atoms with Crippen LogP contribution in [0.2, 0.25) is 0 Å². The standard InChI is InChI=1S/C10H20O4/c1-4-5-6-9(12)14-7-8(11)10(2,3)13/h8,11,13H,4-7H2,1-3H3. The highest BCUT2D eigenvalue weighted by Crippen LogP contribution is 2.09. The first-order valence-corrected chi connectivity index (χ1v) is 4.94. The summed E-state index contributed by atoms with van der Waals surface area (Å²) >= 11 is 0. The van der Waals surface area contributed by atoms with E-state index in [1.54, 1.807) is 0 Å². The van der Waals surface area contributed by atoms with Crippen molar-refractivity contribution in [2.24, 2.45) is 0 Å². The molecular weight excluding hydrogens is 184 g/mol. The molecule has 0 bridgehead atoms. The summed E-state index contributed by atoms with van der Waals surface area (Å²) in [6.07, 6.45) is 1.06. The van der Waals surface area contributed by atoms with Crippen LogP contribution in [-0.4, -0.2) is 34.5 Å². The van der Waals surface area contributed by atoms with Gasteiger partial charge in [0.15, 0.2) is 0 Å². The van der Waals surface area contributed by atoms with E-state index < -0.39 is 11.7 Å². The van der Waals surface area contributed by atoms with Gasteiger partial charge in [0.1, 0.15) is 12.7 Å². The van der Waals surface area contributed by atoms with Crippen LogP contribution in [-0.2, 0) is 9.53 Å². The zero-order valence-corrected chi connectivity index (χ0v) is 9.12. The summed E-state index contributed by atoms with van der Waals surface area (Å²) in [6, 6.07) is 0. The molecule has 0 radical (unpaired) electrons. The highest BCUT2D eigenvalue weighted by atomic mass is 16.5. The Morgan fingerprint density at radius 1 is 1.50 bits per heavy atom. The van der Waals surface area contributed by atoms with Gasteiger partial charge in [-0.25, -0.2) is 0 Å². The molecule has 0 aromatic carbocycles. The molecule has 84 valence electrons. The molecule has 4 heteroatoms. The van der Waals surface area contributed by atoms with Crippen molar-refractivity contribution >= 4 is 5.97 Å². The lowest BCUT2D eigenvalue weighted by Crippen LogP contribution is -2.39. The Bertz CT molecular complexity index is 171. The van der Waals surface area contributed by atoms with E-state index in [9.17, 15) is 15.0 Å². The maximum atomic E-state index is 11.0. The van der Waals surface area contributed by atoms with Gasteiger partial charge < -0.3 is 14.9 Å². The maximum absolute atomic E-state index is 11.0. The third kappa shape index (κ3) is 5.94. The van der Waals surface area contributed by atoms with Crippen molar-refractivity contribution < 1.29 is 19.7 Å². The van der Waals surface area contributed by atoms with Crippen LogP contribution in [0.15, 0.2) is 0 Å². The molecule has 0 aromatic heterocycles. The lowest BCUT2D eigenvalue weighted by atomic mass is 10.0. The summed E-state index contributed by atoms with van der Waals surface area (Å²) in [6.45, 7) is 4.78. The molecule has 4 nitrogen and oxygen atoms in total. The van der Waals surface area contributed by atoms with Crippen molar-refractivity contribution in [1.82, 2.24) is 0 Å². The van der Waals surface area contributed by atoms with Gasteiger partial charge in [0, 0.05) is 6.42 Å². The van der Waals surface area contributed by atoms with Gasteiger partial charge in [0.25, 0.3) is 0 Å². The number of carbonyl (C=O) groups is 1. The van der Waals surface area contributed by atoms with E-state index in [1.165, 1.54) is 13.8 Å². The van der Waals surface area contributed by atoms with Crippen molar-refractivity contribution in [3.05, 3.63) is 0 Å². The molecule has 0 saturated carbocycles. The van der Waals surface area contributed by atoms with Crippen molar-refractivity contribution in [2.45, 2.75) is 51.7 Å². The normalized spacial score (nSPS) is 13.8. The van der Waals surface area contributed by atoms with Gasteiger partial charge in [-0.3, -0.25) is 4.79 Å². The Kier molecular flexibility index (Phi) is 5.72. The summed E-state index contributed by atoms with van der Waals surface area (Å²) in [5.41, 5.74) is -1.23. The third-order valence-electron chi connectivity index (χ3n) is 1.95. The predicted octanol–water partition coefficient (Wildman–Crippen LogP) is 0.852. The van der Waals surface area contributed by atoms with Crippen LogP contribution in [0.25, 0.3) is 0 Å². The fraction of sp³-hybridized carbons (Fsp3) is 0.900. The summed E-state index contributed by atoms with van der Waals surface area (Å²) in [4.78, 5) is 11.0. The SMILES string of the molecule is CCCCC(=O)OCC(O)C(C)(C)O. The molecule has 14 heavy (non-hydrogen) atoms. The highest BCUT2D eigenvalue weighted by molar-refractivity contribution is 5.69. The van der Waals surface area contributed by atoms with Crippen LogP contribution in [0.1, 0.15) is 40.0 Å². The number of esters is 1. The van der Waals surface area contributed by atoms with Crippen molar-refractivity contribution in [3.8, 4) is 0 Å². The minimum Gasteiger partial charge on any atom is -0.463 e. The molecule has 0 rings (SSSR count). The number of hydrogen-bond donors (Lipinski definition) is 2. The van der Waals surface area contributed by atoms with E-state index in [0.717, 1.165) is 12.8 Å². The Labute approximate surface area is 84.9 Å². The quantitative estimate of drug-likeness (QED) is 0.629. The first-order chi connectivity index (χ1) is 6.38. The fourth-order valence-corrected chi connectivity index (χ4v) is 0.769. The van der Waals surface area contributed by atoms with Crippen molar-refractivity contribution in [3.63, 3.8) is 0 Å². The lowest BCUT2D eigenvalue weighted by Gasteiger charge is -2.23. The second kappa shape index (κ2) is 5.98. The van der Waals surface area contributed by atoms with Gasteiger partial charge in [-0.1, -0.05) is 13.3 Å². The van der Waals surface area contributed by atoms with Crippen molar-refractivity contribution in [1.29, 1.82) is 0 Å². The van der Waals surface area contributed by atoms with Gasteiger partial charge in [0.05, 0.1) is 5.60 Å².